The van der Waals surface area contributed by atoms with Crippen LogP contribution < -0.4 is 15.0 Å². The molecule has 1 aliphatic heterocycles. The minimum Gasteiger partial charge on any atom is -0.497 e. The van der Waals surface area contributed by atoms with Crippen LogP contribution in [0.3, 0.4) is 0 Å². The molecule has 3 aromatic rings. The monoisotopic (exact) mass is 416 g/mol. The van der Waals surface area contributed by atoms with E-state index in [9.17, 15) is 4.79 Å². The molecular weight excluding hydrogens is 388 g/mol. The van der Waals surface area contributed by atoms with E-state index < -0.39 is 0 Å². The number of carbonyl (C=O) groups is 1. The van der Waals surface area contributed by atoms with Gasteiger partial charge >= 0.3 is 0 Å². The molecule has 1 saturated heterocycles. The van der Waals surface area contributed by atoms with Crippen LogP contribution in [0.5, 0.6) is 5.75 Å². The van der Waals surface area contributed by atoms with Crippen LogP contribution in [0.1, 0.15) is 24.0 Å². The molecule has 31 heavy (non-hydrogen) atoms. The Labute approximate surface area is 183 Å². The zero-order valence-electron chi connectivity index (χ0n) is 18.0. The van der Waals surface area contributed by atoms with E-state index in [0.29, 0.717) is 6.54 Å². The predicted octanol–water partition coefficient (Wildman–Crippen LogP) is 3.99. The maximum atomic E-state index is 12.7. The molecule has 0 aliphatic carbocycles. The zero-order valence-corrected chi connectivity index (χ0v) is 18.0. The fourth-order valence-corrected chi connectivity index (χ4v) is 3.97. The van der Waals surface area contributed by atoms with Gasteiger partial charge in [0.05, 0.1) is 12.8 Å². The van der Waals surface area contributed by atoms with Gasteiger partial charge < -0.3 is 15.0 Å². The fraction of sp³-hybridized carbons (Fsp3) is 0.320. The van der Waals surface area contributed by atoms with E-state index in [2.05, 4.69) is 45.3 Å². The lowest BCUT2D eigenvalue weighted by atomic mass is 9.95. The maximum absolute atomic E-state index is 12.7. The van der Waals surface area contributed by atoms with Crippen LogP contribution in [-0.4, -0.2) is 36.1 Å². The first-order valence-corrected chi connectivity index (χ1v) is 10.7. The number of benzene rings is 2. The normalized spacial score (nSPS) is 14.3. The summed E-state index contributed by atoms with van der Waals surface area (Å²) in [6.45, 7) is 4.21. The lowest BCUT2D eigenvalue weighted by Gasteiger charge is -2.32. The van der Waals surface area contributed by atoms with Crippen LogP contribution in [0.4, 0.5) is 5.82 Å². The number of methoxy groups -OCH3 is 1. The molecule has 1 amide bonds. The second-order valence-corrected chi connectivity index (χ2v) is 7.96. The van der Waals surface area contributed by atoms with E-state index in [1.165, 1.54) is 5.56 Å². The van der Waals surface area contributed by atoms with Gasteiger partial charge in [0.15, 0.2) is 0 Å². The Kier molecular flexibility index (Phi) is 6.46. The number of anilines is 1. The van der Waals surface area contributed by atoms with Crippen LogP contribution in [0.25, 0.3) is 11.3 Å². The van der Waals surface area contributed by atoms with Crippen LogP contribution in [0.15, 0.2) is 60.9 Å². The van der Waals surface area contributed by atoms with Gasteiger partial charge in [-0.15, -0.1) is 0 Å². The summed E-state index contributed by atoms with van der Waals surface area (Å²) in [6, 6.07) is 18.1. The van der Waals surface area contributed by atoms with Gasteiger partial charge in [-0.1, -0.05) is 35.9 Å². The lowest BCUT2D eigenvalue weighted by molar-refractivity contribution is -0.125. The molecule has 4 rings (SSSR count). The van der Waals surface area contributed by atoms with Crippen molar-refractivity contribution in [3.8, 4) is 17.0 Å². The van der Waals surface area contributed by atoms with Gasteiger partial charge in [0, 0.05) is 37.2 Å². The minimum absolute atomic E-state index is 0.0277. The molecule has 2 heterocycles. The summed E-state index contributed by atoms with van der Waals surface area (Å²) in [6.07, 6.45) is 3.25. The number of rotatable bonds is 6. The molecule has 6 heteroatoms. The highest BCUT2D eigenvalue weighted by Gasteiger charge is 2.25. The largest absolute Gasteiger partial charge is 0.497 e. The smallest absolute Gasteiger partial charge is 0.223 e. The minimum atomic E-state index is 0.0277. The van der Waals surface area contributed by atoms with Gasteiger partial charge in [0.25, 0.3) is 0 Å². The maximum Gasteiger partial charge on any atom is 0.223 e. The second-order valence-electron chi connectivity index (χ2n) is 7.96. The first-order valence-electron chi connectivity index (χ1n) is 10.7. The highest BCUT2D eigenvalue weighted by molar-refractivity contribution is 5.79. The summed E-state index contributed by atoms with van der Waals surface area (Å²) in [7, 11) is 1.65. The number of amides is 1. The number of hydrogen-bond donors (Lipinski definition) is 1. The molecule has 1 aromatic heterocycles. The fourth-order valence-electron chi connectivity index (χ4n) is 3.97. The van der Waals surface area contributed by atoms with Crippen molar-refractivity contribution in [2.45, 2.75) is 26.3 Å². The summed E-state index contributed by atoms with van der Waals surface area (Å²) in [5.74, 6) is 1.86. The van der Waals surface area contributed by atoms with Gasteiger partial charge in [-0.3, -0.25) is 4.79 Å². The number of aromatic nitrogens is 2. The number of aryl methyl sites for hydroxylation is 1. The van der Waals surface area contributed by atoms with E-state index in [1.807, 2.05) is 36.4 Å². The molecular formula is C25H28N4O2. The van der Waals surface area contributed by atoms with Crippen LogP contribution in [0, 0.1) is 12.8 Å². The molecule has 0 atom stereocenters. The van der Waals surface area contributed by atoms with E-state index >= 15 is 0 Å². The third kappa shape index (κ3) is 5.20. The van der Waals surface area contributed by atoms with Crippen molar-refractivity contribution in [2.75, 3.05) is 25.1 Å². The summed E-state index contributed by atoms with van der Waals surface area (Å²) >= 11 is 0. The Morgan fingerprint density at radius 1 is 1.10 bits per heavy atom. The molecule has 6 nitrogen and oxygen atoms in total. The van der Waals surface area contributed by atoms with Crippen molar-refractivity contribution in [3.63, 3.8) is 0 Å². The SMILES string of the molecule is COc1cccc(CNC(=O)C2CCN(c3cc(-c4cccc(C)c4)ncn3)CC2)c1. The molecule has 0 unspecified atom stereocenters. The molecule has 0 saturated carbocycles. The van der Waals surface area contributed by atoms with Crippen molar-refractivity contribution in [3.05, 3.63) is 72.1 Å². The van der Waals surface area contributed by atoms with Crippen LogP contribution in [-0.2, 0) is 11.3 Å². The molecule has 0 radical (unpaired) electrons. The molecule has 2 aromatic carbocycles. The Balaban J connectivity index is 1.33. The number of hydrogen-bond acceptors (Lipinski definition) is 5. The highest BCUT2D eigenvalue weighted by Crippen LogP contribution is 2.25. The van der Waals surface area contributed by atoms with E-state index in [-0.39, 0.29) is 11.8 Å². The van der Waals surface area contributed by atoms with Crippen LogP contribution in [0.2, 0.25) is 0 Å². The molecule has 1 N–H and O–H groups in total. The zero-order chi connectivity index (χ0) is 21.6. The molecule has 1 fully saturated rings. The average Bonchev–Trinajstić information content (AvgIpc) is 2.83. The first kappa shape index (κ1) is 20.8. The number of nitrogens with zero attached hydrogens (tertiary/aromatic N) is 3. The third-order valence-corrected chi connectivity index (χ3v) is 5.76. The number of piperidine rings is 1. The van der Waals surface area contributed by atoms with E-state index in [0.717, 1.165) is 54.3 Å². The summed E-state index contributed by atoms with van der Waals surface area (Å²) < 4.78 is 5.25. The Hall–Kier alpha value is -3.41. The standard InChI is InChI=1S/C25H28N4O2/c1-18-5-3-7-21(13-18)23-15-24(28-17-27-23)29-11-9-20(10-12-29)25(30)26-16-19-6-4-8-22(14-19)31-2/h3-8,13-15,17,20H,9-12,16H2,1-2H3,(H,26,30). The van der Waals surface area contributed by atoms with Crippen molar-refractivity contribution >= 4 is 11.7 Å². The van der Waals surface area contributed by atoms with Crippen molar-refractivity contribution in [1.29, 1.82) is 0 Å². The van der Waals surface area contributed by atoms with Gasteiger partial charge in [0.1, 0.15) is 17.9 Å². The van der Waals surface area contributed by atoms with Crippen molar-refractivity contribution < 1.29 is 9.53 Å². The lowest BCUT2D eigenvalue weighted by Crippen LogP contribution is -2.40. The molecule has 0 bridgehead atoms. The summed E-state index contributed by atoms with van der Waals surface area (Å²) in [4.78, 5) is 23.8. The quantitative estimate of drug-likeness (QED) is 0.658. The van der Waals surface area contributed by atoms with Gasteiger partial charge in [-0.2, -0.15) is 0 Å². The number of nitrogens with one attached hydrogen (secondary N) is 1. The third-order valence-electron chi connectivity index (χ3n) is 5.76. The predicted molar refractivity (Wildman–Crippen MR) is 122 cm³/mol. The number of carbonyl (C=O) groups excluding carboxylic acids is 1. The Morgan fingerprint density at radius 3 is 2.68 bits per heavy atom. The van der Waals surface area contributed by atoms with Gasteiger partial charge in [-0.05, 0) is 43.5 Å². The van der Waals surface area contributed by atoms with Gasteiger partial charge in [-0.25, -0.2) is 9.97 Å². The second kappa shape index (κ2) is 9.60. The van der Waals surface area contributed by atoms with E-state index in [1.54, 1.807) is 13.4 Å². The highest BCUT2D eigenvalue weighted by atomic mass is 16.5. The van der Waals surface area contributed by atoms with E-state index in [4.69, 9.17) is 4.74 Å². The topological polar surface area (TPSA) is 67.3 Å². The molecule has 160 valence electrons. The molecule has 1 aliphatic rings. The first-order chi connectivity index (χ1) is 15.1. The average molecular weight is 417 g/mol. The van der Waals surface area contributed by atoms with Gasteiger partial charge in [0.2, 0.25) is 5.91 Å². The van der Waals surface area contributed by atoms with Crippen LogP contribution >= 0.6 is 0 Å². The summed E-state index contributed by atoms with van der Waals surface area (Å²) in [5.41, 5.74) is 4.26. The van der Waals surface area contributed by atoms with Crippen molar-refractivity contribution in [1.82, 2.24) is 15.3 Å². The molecule has 0 spiro atoms. The summed E-state index contributed by atoms with van der Waals surface area (Å²) in [5, 5.41) is 3.07. The van der Waals surface area contributed by atoms with Crippen molar-refractivity contribution in [2.24, 2.45) is 5.92 Å². The Bertz CT molecular complexity index is 1040. The Morgan fingerprint density at radius 2 is 1.90 bits per heavy atom. The number of ether oxygens (including phenoxy) is 1.